The number of hydrazone groups is 1. The third-order valence-corrected chi connectivity index (χ3v) is 4.24. The van der Waals surface area contributed by atoms with Gasteiger partial charge in [0.25, 0.3) is 5.91 Å². The summed E-state index contributed by atoms with van der Waals surface area (Å²) in [5.41, 5.74) is 3.73. The van der Waals surface area contributed by atoms with Crippen LogP contribution in [0.25, 0.3) is 10.9 Å². The van der Waals surface area contributed by atoms with Crippen LogP contribution in [0.15, 0.2) is 66.4 Å². The van der Waals surface area contributed by atoms with Gasteiger partial charge in [0.1, 0.15) is 17.9 Å². The van der Waals surface area contributed by atoms with Crippen molar-refractivity contribution in [1.29, 1.82) is 0 Å². The van der Waals surface area contributed by atoms with Crippen molar-refractivity contribution in [2.75, 3.05) is 20.3 Å². The van der Waals surface area contributed by atoms with Crippen LogP contribution < -0.4 is 19.6 Å². The molecule has 0 spiro atoms. The fraction of sp³-hybridized carbons (Fsp3) is 0.136. The van der Waals surface area contributed by atoms with Crippen molar-refractivity contribution < 1.29 is 19.0 Å². The van der Waals surface area contributed by atoms with Gasteiger partial charge in [-0.3, -0.25) is 9.78 Å². The standard InChI is InChI=1S/C22H20ClN3O4/c1-3-10-29-22-17(23)11-15(12-19(22)28-2)13-25-26-20(27)14-30-18-8-4-6-16-7-5-9-24-21(16)18/h3-9,11-13H,1,10,14H2,2H3,(H,26,27)/b25-13+. The molecule has 0 bridgehead atoms. The van der Waals surface area contributed by atoms with Gasteiger partial charge in [-0.15, -0.1) is 0 Å². The number of ether oxygens (including phenoxy) is 3. The van der Waals surface area contributed by atoms with Crippen molar-refractivity contribution in [3.63, 3.8) is 0 Å². The lowest BCUT2D eigenvalue weighted by Crippen LogP contribution is -2.24. The molecule has 0 radical (unpaired) electrons. The third kappa shape index (κ3) is 5.27. The number of benzene rings is 2. The number of carbonyl (C=O) groups excluding carboxylic acids is 1. The molecular weight excluding hydrogens is 406 g/mol. The van der Waals surface area contributed by atoms with Crippen LogP contribution in [0.1, 0.15) is 5.56 Å². The molecule has 8 heteroatoms. The maximum absolute atomic E-state index is 12.1. The molecule has 7 nitrogen and oxygen atoms in total. The quantitative estimate of drug-likeness (QED) is 0.318. The van der Waals surface area contributed by atoms with E-state index in [1.807, 2.05) is 24.3 Å². The van der Waals surface area contributed by atoms with Gasteiger partial charge in [-0.25, -0.2) is 5.43 Å². The van der Waals surface area contributed by atoms with E-state index >= 15 is 0 Å². The summed E-state index contributed by atoms with van der Waals surface area (Å²) in [4.78, 5) is 16.3. The molecule has 0 saturated heterocycles. The molecule has 0 atom stereocenters. The second-order valence-corrected chi connectivity index (χ2v) is 6.45. The summed E-state index contributed by atoms with van der Waals surface area (Å²) >= 11 is 6.24. The number of nitrogens with one attached hydrogen (secondary N) is 1. The molecule has 154 valence electrons. The number of pyridine rings is 1. The summed E-state index contributed by atoms with van der Waals surface area (Å²) in [6, 6.07) is 12.6. The number of para-hydroxylation sites is 1. The molecule has 1 heterocycles. The average Bonchev–Trinajstić information content (AvgIpc) is 2.76. The Hall–Kier alpha value is -3.58. The van der Waals surface area contributed by atoms with Crippen LogP contribution in [-0.4, -0.2) is 37.4 Å². The van der Waals surface area contributed by atoms with Gasteiger partial charge in [0.2, 0.25) is 0 Å². The molecule has 1 aromatic heterocycles. The molecule has 0 unspecified atom stereocenters. The van der Waals surface area contributed by atoms with Crippen molar-refractivity contribution in [3.8, 4) is 17.2 Å². The second kappa shape index (κ2) is 10.3. The summed E-state index contributed by atoms with van der Waals surface area (Å²) in [5, 5.41) is 5.22. The average molecular weight is 426 g/mol. The smallest absolute Gasteiger partial charge is 0.277 e. The summed E-state index contributed by atoms with van der Waals surface area (Å²) in [7, 11) is 1.51. The van der Waals surface area contributed by atoms with Crippen LogP contribution in [0.5, 0.6) is 17.2 Å². The Labute approximate surface area is 178 Å². The highest BCUT2D eigenvalue weighted by Gasteiger charge is 2.11. The highest BCUT2D eigenvalue weighted by molar-refractivity contribution is 6.32. The van der Waals surface area contributed by atoms with Crippen molar-refractivity contribution in [1.82, 2.24) is 10.4 Å². The maximum Gasteiger partial charge on any atom is 0.277 e. The van der Waals surface area contributed by atoms with Crippen molar-refractivity contribution in [2.24, 2.45) is 5.10 Å². The van der Waals surface area contributed by atoms with E-state index in [1.165, 1.54) is 13.3 Å². The Balaban J connectivity index is 1.60. The molecule has 0 aliphatic heterocycles. The molecule has 3 rings (SSSR count). The number of hydrogen-bond donors (Lipinski definition) is 1. The number of hydrogen-bond acceptors (Lipinski definition) is 6. The van der Waals surface area contributed by atoms with Crippen LogP contribution >= 0.6 is 11.6 Å². The fourth-order valence-electron chi connectivity index (χ4n) is 2.64. The van der Waals surface area contributed by atoms with Crippen LogP contribution in [0, 0.1) is 0 Å². The number of amides is 1. The molecule has 0 aliphatic carbocycles. The van der Waals surface area contributed by atoms with Crippen molar-refractivity contribution in [2.45, 2.75) is 0 Å². The molecular formula is C22H20ClN3O4. The first-order valence-corrected chi connectivity index (χ1v) is 9.40. The van der Waals surface area contributed by atoms with Crippen molar-refractivity contribution >= 4 is 34.6 Å². The number of carbonyl (C=O) groups is 1. The van der Waals surface area contributed by atoms with Gasteiger partial charge in [-0.2, -0.15) is 5.10 Å². The number of fused-ring (bicyclic) bond motifs is 1. The van der Waals surface area contributed by atoms with Crippen LogP contribution in [0.2, 0.25) is 5.02 Å². The van der Waals surface area contributed by atoms with E-state index in [0.29, 0.717) is 40.0 Å². The zero-order valence-electron chi connectivity index (χ0n) is 16.3. The number of nitrogens with zero attached hydrogens (tertiary/aromatic N) is 2. The minimum atomic E-state index is -0.414. The molecule has 0 saturated carbocycles. The van der Waals surface area contributed by atoms with Gasteiger partial charge in [-0.1, -0.05) is 42.5 Å². The Bertz CT molecular complexity index is 1080. The van der Waals surface area contributed by atoms with Gasteiger partial charge in [0, 0.05) is 11.6 Å². The number of aromatic nitrogens is 1. The largest absolute Gasteiger partial charge is 0.493 e. The number of rotatable bonds is 9. The zero-order valence-corrected chi connectivity index (χ0v) is 17.1. The minimum Gasteiger partial charge on any atom is -0.493 e. The first kappa shape index (κ1) is 21.1. The lowest BCUT2D eigenvalue weighted by Gasteiger charge is -2.12. The van der Waals surface area contributed by atoms with Gasteiger partial charge < -0.3 is 14.2 Å². The van der Waals surface area contributed by atoms with E-state index in [1.54, 1.807) is 30.5 Å². The fourth-order valence-corrected chi connectivity index (χ4v) is 2.92. The SMILES string of the molecule is C=CCOc1c(Cl)cc(/C=N/NC(=O)COc2cccc3cccnc23)cc1OC. The Kier molecular flexibility index (Phi) is 7.24. The first-order valence-electron chi connectivity index (χ1n) is 9.02. The van der Waals surface area contributed by atoms with Gasteiger partial charge in [0.15, 0.2) is 18.1 Å². The summed E-state index contributed by atoms with van der Waals surface area (Å²) < 4.78 is 16.4. The summed E-state index contributed by atoms with van der Waals surface area (Å²) in [6.07, 6.45) is 4.73. The molecule has 1 amide bonds. The topological polar surface area (TPSA) is 82.0 Å². The normalized spacial score (nSPS) is 10.7. The zero-order chi connectivity index (χ0) is 21.3. The van der Waals surface area contributed by atoms with Gasteiger partial charge in [-0.05, 0) is 29.8 Å². The Morgan fingerprint density at radius 2 is 2.07 bits per heavy atom. The second-order valence-electron chi connectivity index (χ2n) is 6.05. The highest BCUT2D eigenvalue weighted by atomic mass is 35.5. The molecule has 0 fully saturated rings. The monoisotopic (exact) mass is 425 g/mol. The Morgan fingerprint density at radius 1 is 1.23 bits per heavy atom. The van der Waals surface area contributed by atoms with Gasteiger partial charge in [0.05, 0.1) is 18.3 Å². The van der Waals surface area contributed by atoms with E-state index in [0.717, 1.165) is 5.39 Å². The van der Waals surface area contributed by atoms with Crippen LogP contribution in [0.4, 0.5) is 0 Å². The summed E-state index contributed by atoms with van der Waals surface area (Å²) in [5.74, 6) is 0.975. The van der Waals surface area contributed by atoms with Crippen molar-refractivity contribution in [3.05, 3.63) is 71.9 Å². The minimum absolute atomic E-state index is 0.203. The molecule has 1 N–H and O–H groups in total. The number of halogens is 1. The predicted molar refractivity (Wildman–Crippen MR) is 117 cm³/mol. The predicted octanol–water partition coefficient (Wildman–Crippen LogP) is 3.99. The van der Waals surface area contributed by atoms with Crippen LogP contribution in [-0.2, 0) is 4.79 Å². The molecule has 2 aromatic carbocycles. The third-order valence-electron chi connectivity index (χ3n) is 3.95. The van der Waals surface area contributed by atoms with Crippen LogP contribution in [0.3, 0.4) is 0 Å². The maximum atomic E-state index is 12.1. The first-order chi connectivity index (χ1) is 14.6. The Morgan fingerprint density at radius 3 is 2.87 bits per heavy atom. The van der Waals surface area contributed by atoms with E-state index in [4.69, 9.17) is 25.8 Å². The number of methoxy groups -OCH3 is 1. The van der Waals surface area contributed by atoms with E-state index < -0.39 is 5.91 Å². The molecule has 0 aliphatic rings. The van der Waals surface area contributed by atoms with E-state index in [-0.39, 0.29) is 6.61 Å². The lowest BCUT2D eigenvalue weighted by atomic mass is 10.2. The molecule has 30 heavy (non-hydrogen) atoms. The van der Waals surface area contributed by atoms with Gasteiger partial charge >= 0.3 is 0 Å². The molecule has 3 aromatic rings. The van der Waals surface area contributed by atoms with E-state index in [9.17, 15) is 4.79 Å². The lowest BCUT2D eigenvalue weighted by molar-refractivity contribution is -0.123. The highest BCUT2D eigenvalue weighted by Crippen LogP contribution is 2.36. The summed E-state index contributed by atoms with van der Waals surface area (Å²) in [6.45, 7) is 3.70. The van der Waals surface area contributed by atoms with E-state index in [2.05, 4.69) is 22.1 Å².